The molecule has 2 aromatic rings. The van der Waals surface area contributed by atoms with Gasteiger partial charge in [0, 0.05) is 4.88 Å². The molecule has 0 saturated carbocycles. The molecule has 0 aliphatic rings. The zero-order valence-electron chi connectivity index (χ0n) is 13.9. The predicted molar refractivity (Wildman–Crippen MR) is 98.5 cm³/mol. The lowest BCUT2D eigenvalue weighted by atomic mass is 10.2. The molecule has 0 amide bonds. The van der Waals surface area contributed by atoms with Gasteiger partial charge in [0.05, 0.1) is 11.5 Å². The van der Waals surface area contributed by atoms with Crippen molar-refractivity contribution < 1.29 is 9.53 Å². The molecule has 0 aliphatic carbocycles. The molecule has 0 fully saturated rings. The average molecular weight is 328 g/mol. The monoisotopic (exact) mass is 328 g/mol. The van der Waals surface area contributed by atoms with Crippen LogP contribution in [0.3, 0.4) is 0 Å². The fourth-order valence-corrected chi connectivity index (χ4v) is 3.04. The number of allylic oxidation sites excluding steroid dienone is 1. The third kappa shape index (κ3) is 5.68. The first-order valence-electron chi connectivity index (χ1n) is 8.27. The Kier molecular flexibility index (Phi) is 7.08. The summed E-state index contributed by atoms with van der Waals surface area (Å²) >= 11 is 1.57. The Hall–Kier alpha value is -1.87. The van der Waals surface area contributed by atoms with Crippen LogP contribution in [0.25, 0.3) is 6.08 Å². The minimum atomic E-state index is 0.0644. The van der Waals surface area contributed by atoms with Crippen LogP contribution in [0.4, 0.5) is 0 Å². The van der Waals surface area contributed by atoms with Crippen LogP contribution < -0.4 is 4.74 Å². The maximum absolute atomic E-state index is 12.1. The van der Waals surface area contributed by atoms with Gasteiger partial charge in [-0.2, -0.15) is 0 Å². The standard InChI is InChI=1S/C20H24O2S/c1-3-5-6-15-22-17-10-7-16(8-11-17)9-13-19(21)20-14-12-18(4-2)23-20/h7-14H,3-6,15H2,1-2H3/b13-9+. The summed E-state index contributed by atoms with van der Waals surface area (Å²) in [6.07, 6.45) is 7.96. The van der Waals surface area contributed by atoms with E-state index in [1.54, 1.807) is 17.4 Å². The number of aryl methyl sites for hydroxylation is 1. The number of rotatable bonds is 9. The molecule has 0 unspecified atom stereocenters. The van der Waals surface area contributed by atoms with Crippen molar-refractivity contribution in [1.29, 1.82) is 0 Å². The number of ether oxygens (including phenoxy) is 1. The number of hydrogen-bond acceptors (Lipinski definition) is 3. The molecule has 2 nitrogen and oxygen atoms in total. The molecule has 0 atom stereocenters. The third-order valence-corrected chi connectivity index (χ3v) is 4.82. The molecule has 23 heavy (non-hydrogen) atoms. The van der Waals surface area contributed by atoms with Gasteiger partial charge in [0.15, 0.2) is 5.78 Å². The summed E-state index contributed by atoms with van der Waals surface area (Å²) in [7, 11) is 0. The highest BCUT2D eigenvalue weighted by Crippen LogP contribution is 2.19. The highest BCUT2D eigenvalue weighted by Gasteiger charge is 2.05. The lowest BCUT2D eigenvalue weighted by Gasteiger charge is -2.05. The average Bonchev–Trinajstić information content (AvgIpc) is 3.07. The predicted octanol–water partition coefficient (Wildman–Crippen LogP) is 5.78. The molecular weight excluding hydrogens is 304 g/mol. The van der Waals surface area contributed by atoms with Crippen LogP contribution >= 0.6 is 11.3 Å². The van der Waals surface area contributed by atoms with Crippen LogP contribution in [-0.2, 0) is 6.42 Å². The number of unbranched alkanes of at least 4 members (excludes halogenated alkanes) is 2. The Morgan fingerprint density at radius 2 is 1.87 bits per heavy atom. The smallest absolute Gasteiger partial charge is 0.195 e. The number of ketones is 1. The van der Waals surface area contributed by atoms with Crippen LogP contribution in [0.5, 0.6) is 5.75 Å². The van der Waals surface area contributed by atoms with Crippen LogP contribution in [0.1, 0.15) is 53.2 Å². The van der Waals surface area contributed by atoms with Crippen molar-refractivity contribution in [3.05, 3.63) is 57.8 Å². The number of hydrogen-bond donors (Lipinski definition) is 0. The fourth-order valence-electron chi connectivity index (χ4n) is 2.17. The van der Waals surface area contributed by atoms with E-state index in [0.29, 0.717) is 0 Å². The van der Waals surface area contributed by atoms with Crippen molar-refractivity contribution in [2.24, 2.45) is 0 Å². The van der Waals surface area contributed by atoms with Crippen LogP contribution in [0.15, 0.2) is 42.5 Å². The summed E-state index contributed by atoms with van der Waals surface area (Å²) in [6.45, 7) is 5.04. The summed E-state index contributed by atoms with van der Waals surface area (Å²) in [5.74, 6) is 0.949. The Balaban J connectivity index is 1.88. The molecule has 0 N–H and O–H groups in total. The van der Waals surface area contributed by atoms with Gasteiger partial charge in [-0.15, -0.1) is 11.3 Å². The first kappa shape index (κ1) is 17.5. The van der Waals surface area contributed by atoms with E-state index < -0.39 is 0 Å². The first-order chi connectivity index (χ1) is 11.2. The van der Waals surface area contributed by atoms with E-state index in [4.69, 9.17) is 4.74 Å². The summed E-state index contributed by atoms with van der Waals surface area (Å²) in [5.41, 5.74) is 1.01. The van der Waals surface area contributed by atoms with Gasteiger partial charge in [-0.1, -0.05) is 44.9 Å². The summed E-state index contributed by atoms with van der Waals surface area (Å²) in [4.78, 5) is 14.2. The number of carbonyl (C=O) groups excluding carboxylic acids is 1. The van der Waals surface area contributed by atoms with E-state index in [1.165, 1.54) is 17.7 Å². The Morgan fingerprint density at radius 1 is 1.09 bits per heavy atom. The van der Waals surface area contributed by atoms with E-state index in [9.17, 15) is 4.79 Å². The quantitative estimate of drug-likeness (QED) is 0.331. The normalized spacial score (nSPS) is 11.0. The Labute approximate surface area is 142 Å². The Morgan fingerprint density at radius 3 is 2.52 bits per heavy atom. The van der Waals surface area contributed by atoms with Gasteiger partial charge in [-0.05, 0) is 48.7 Å². The molecule has 3 heteroatoms. The van der Waals surface area contributed by atoms with Gasteiger partial charge in [-0.3, -0.25) is 4.79 Å². The summed E-state index contributed by atoms with van der Waals surface area (Å²) < 4.78 is 5.68. The fraction of sp³-hybridized carbons (Fsp3) is 0.350. The van der Waals surface area contributed by atoms with E-state index in [2.05, 4.69) is 13.8 Å². The zero-order valence-corrected chi connectivity index (χ0v) is 14.7. The second kappa shape index (κ2) is 9.31. The molecule has 0 radical (unpaired) electrons. The molecule has 2 rings (SSSR count). The molecule has 122 valence electrons. The SMILES string of the molecule is CCCCCOc1ccc(/C=C/C(=O)c2ccc(CC)s2)cc1. The minimum Gasteiger partial charge on any atom is -0.494 e. The van der Waals surface area contributed by atoms with E-state index in [0.717, 1.165) is 35.6 Å². The molecule has 0 spiro atoms. The Bertz CT molecular complexity index is 638. The van der Waals surface area contributed by atoms with Crippen molar-refractivity contribution in [3.63, 3.8) is 0 Å². The largest absolute Gasteiger partial charge is 0.494 e. The zero-order chi connectivity index (χ0) is 16.5. The van der Waals surface area contributed by atoms with Crippen LogP contribution in [0, 0.1) is 0 Å². The first-order valence-corrected chi connectivity index (χ1v) is 9.08. The maximum atomic E-state index is 12.1. The van der Waals surface area contributed by atoms with Gasteiger partial charge in [0.1, 0.15) is 5.75 Å². The lowest BCUT2D eigenvalue weighted by Crippen LogP contribution is -1.96. The maximum Gasteiger partial charge on any atom is 0.195 e. The minimum absolute atomic E-state index is 0.0644. The molecule has 0 bridgehead atoms. The highest BCUT2D eigenvalue weighted by molar-refractivity contribution is 7.14. The second-order valence-corrected chi connectivity index (χ2v) is 6.61. The molecule has 1 aromatic heterocycles. The molecule has 1 heterocycles. The van der Waals surface area contributed by atoms with Gasteiger partial charge in [-0.25, -0.2) is 0 Å². The summed E-state index contributed by atoms with van der Waals surface area (Å²) in [6, 6.07) is 11.8. The van der Waals surface area contributed by atoms with Crippen molar-refractivity contribution >= 4 is 23.2 Å². The van der Waals surface area contributed by atoms with Gasteiger partial charge in [0.25, 0.3) is 0 Å². The highest BCUT2D eigenvalue weighted by atomic mass is 32.1. The third-order valence-electron chi connectivity index (χ3n) is 3.58. The molecular formula is C20H24O2S. The van der Waals surface area contributed by atoms with Crippen molar-refractivity contribution in [3.8, 4) is 5.75 Å². The number of thiophene rings is 1. The van der Waals surface area contributed by atoms with Crippen molar-refractivity contribution in [1.82, 2.24) is 0 Å². The van der Waals surface area contributed by atoms with Crippen molar-refractivity contribution in [2.45, 2.75) is 39.5 Å². The lowest BCUT2D eigenvalue weighted by molar-refractivity contribution is 0.105. The van der Waals surface area contributed by atoms with Gasteiger partial charge in [0.2, 0.25) is 0 Å². The topological polar surface area (TPSA) is 26.3 Å². The van der Waals surface area contributed by atoms with E-state index in [-0.39, 0.29) is 5.78 Å². The van der Waals surface area contributed by atoms with Crippen molar-refractivity contribution in [2.75, 3.05) is 6.61 Å². The van der Waals surface area contributed by atoms with E-state index in [1.807, 2.05) is 42.5 Å². The van der Waals surface area contributed by atoms with Gasteiger partial charge < -0.3 is 4.74 Å². The number of benzene rings is 1. The van der Waals surface area contributed by atoms with Gasteiger partial charge >= 0.3 is 0 Å². The summed E-state index contributed by atoms with van der Waals surface area (Å²) in [5, 5.41) is 0. The second-order valence-electron chi connectivity index (χ2n) is 5.44. The van der Waals surface area contributed by atoms with Crippen LogP contribution in [-0.4, -0.2) is 12.4 Å². The molecule has 1 aromatic carbocycles. The van der Waals surface area contributed by atoms with E-state index >= 15 is 0 Å². The molecule has 0 aliphatic heterocycles. The van der Waals surface area contributed by atoms with Crippen LogP contribution in [0.2, 0.25) is 0 Å². The number of carbonyl (C=O) groups is 1. The molecule has 0 saturated heterocycles.